The van der Waals surface area contributed by atoms with E-state index < -0.39 is 0 Å². The molecule has 1 aliphatic rings. The van der Waals surface area contributed by atoms with Crippen molar-refractivity contribution in [2.24, 2.45) is 0 Å². The summed E-state index contributed by atoms with van der Waals surface area (Å²) in [7, 11) is 0. The average molecular weight is 494 g/mol. The highest BCUT2D eigenvalue weighted by Crippen LogP contribution is 2.24. The fraction of sp³-hybridized carbons (Fsp3) is 0.269. The van der Waals surface area contributed by atoms with Gasteiger partial charge in [0.15, 0.2) is 5.16 Å². The summed E-state index contributed by atoms with van der Waals surface area (Å²) in [4.78, 5) is 30.9. The van der Waals surface area contributed by atoms with Crippen LogP contribution in [0.5, 0.6) is 0 Å². The molecule has 2 aromatic carbocycles. The summed E-state index contributed by atoms with van der Waals surface area (Å²) in [5, 5.41) is 3.81. The molecule has 0 aliphatic carbocycles. The molecule has 5 rings (SSSR count). The van der Waals surface area contributed by atoms with E-state index in [0.717, 1.165) is 25.0 Å². The van der Waals surface area contributed by atoms with Crippen LogP contribution in [0.3, 0.4) is 0 Å². The Kier molecular flexibility index (Phi) is 6.96. The second-order valence-electron chi connectivity index (χ2n) is 8.36. The standard InChI is InChI=1S/C26H24FN3O4S/c27-19-8-5-17(6-9-19)16-35-26-29-23-13-18(24(31)28-14-20-3-1-11-33-20)7-10-22(23)25(32)30(26)15-21-4-2-12-34-21/h2,4-10,12-13,20H,1,3,11,14-16H2,(H,28,31). The molecular weight excluding hydrogens is 469 g/mol. The number of nitrogens with one attached hydrogen (secondary N) is 1. The maximum absolute atomic E-state index is 13.4. The SMILES string of the molecule is O=C(NCC1CCCO1)c1ccc2c(=O)n(Cc3ccco3)c(SCc3ccc(F)cc3)nc2c1. The maximum Gasteiger partial charge on any atom is 0.262 e. The highest BCUT2D eigenvalue weighted by Gasteiger charge is 2.18. The minimum absolute atomic E-state index is 0.0424. The molecule has 180 valence electrons. The minimum atomic E-state index is -0.303. The van der Waals surface area contributed by atoms with Crippen molar-refractivity contribution >= 4 is 28.6 Å². The smallest absolute Gasteiger partial charge is 0.262 e. The second-order valence-corrected chi connectivity index (χ2v) is 9.30. The van der Waals surface area contributed by atoms with Gasteiger partial charge in [-0.1, -0.05) is 23.9 Å². The van der Waals surface area contributed by atoms with E-state index >= 15 is 0 Å². The van der Waals surface area contributed by atoms with Crippen molar-refractivity contribution in [3.63, 3.8) is 0 Å². The van der Waals surface area contributed by atoms with E-state index in [-0.39, 0.29) is 29.9 Å². The van der Waals surface area contributed by atoms with E-state index in [2.05, 4.69) is 5.32 Å². The molecule has 3 heterocycles. The van der Waals surface area contributed by atoms with Gasteiger partial charge in [-0.15, -0.1) is 0 Å². The first-order chi connectivity index (χ1) is 17.1. The van der Waals surface area contributed by atoms with E-state index in [1.807, 2.05) is 0 Å². The molecular formula is C26H24FN3O4S. The fourth-order valence-corrected chi connectivity index (χ4v) is 4.95. The first-order valence-corrected chi connectivity index (χ1v) is 12.4. The predicted molar refractivity (Wildman–Crippen MR) is 131 cm³/mol. The number of ether oxygens (including phenoxy) is 1. The lowest BCUT2D eigenvalue weighted by Gasteiger charge is -2.13. The van der Waals surface area contributed by atoms with Crippen molar-refractivity contribution in [2.45, 2.75) is 36.4 Å². The number of hydrogen-bond donors (Lipinski definition) is 1. The average Bonchev–Trinajstić information content (AvgIpc) is 3.58. The molecule has 35 heavy (non-hydrogen) atoms. The molecule has 9 heteroatoms. The van der Waals surface area contributed by atoms with Gasteiger partial charge in [-0.05, 0) is 60.9 Å². The van der Waals surface area contributed by atoms with Gasteiger partial charge < -0.3 is 14.5 Å². The number of amides is 1. The van der Waals surface area contributed by atoms with Gasteiger partial charge in [0.25, 0.3) is 11.5 Å². The van der Waals surface area contributed by atoms with Crippen LogP contribution in [0.15, 0.2) is 75.2 Å². The van der Waals surface area contributed by atoms with E-state index in [1.54, 1.807) is 53.3 Å². The second kappa shape index (κ2) is 10.5. The first kappa shape index (κ1) is 23.3. The van der Waals surface area contributed by atoms with Gasteiger partial charge in [0.2, 0.25) is 0 Å². The molecule has 0 spiro atoms. The quantitative estimate of drug-likeness (QED) is 0.290. The van der Waals surface area contributed by atoms with Crippen LogP contribution in [0.4, 0.5) is 4.39 Å². The van der Waals surface area contributed by atoms with Crippen LogP contribution in [-0.4, -0.2) is 34.7 Å². The minimum Gasteiger partial charge on any atom is -0.467 e. The normalized spacial score (nSPS) is 15.5. The van der Waals surface area contributed by atoms with Crippen LogP contribution in [0.25, 0.3) is 10.9 Å². The third-order valence-corrected chi connectivity index (χ3v) is 6.92. The monoisotopic (exact) mass is 493 g/mol. The lowest BCUT2D eigenvalue weighted by molar-refractivity contribution is 0.0858. The number of hydrogen-bond acceptors (Lipinski definition) is 6. The number of carbonyl (C=O) groups is 1. The summed E-state index contributed by atoms with van der Waals surface area (Å²) in [5.41, 5.74) is 1.55. The Balaban J connectivity index is 1.45. The highest BCUT2D eigenvalue weighted by molar-refractivity contribution is 7.98. The summed E-state index contributed by atoms with van der Waals surface area (Å²) in [6.07, 6.45) is 3.54. The van der Waals surface area contributed by atoms with Gasteiger partial charge >= 0.3 is 0 Å². The number of carbonyl (C=O) groups excluding carboxylic acids is 1. The van der Waals surface area contributed by atoms with E-state index in [1.165, 1.54) is 23.9 Å². The summed E-state index contributed by atoms with van der Waals surface area (Å²) >= 11 is 1.37. The van der Waals surface area contributed by atoms with Gasteiger partial charge in [-0.2, -0.15) is 0 Å². The van der Waals surface area contributed by atoms with Crippen molar-refractivity contribution < 1.29 is 18.3 Å². The molecule has 1 atom stereocenters. The molecule has 1 fully saturated rings. The van der Waals surface area contributed by atoms with Crippen LogP contribution in [0.1, 0.15) is 34.5 Å². The van der Waals surface area contributed by atoms with Crippen molar-refractivity contribution in [1.29, 1.82) is 0 Å². The maximum atomic E-state index is 13.4. The number of furan rings is 1. The Morgan fingerprint density at radius 3 is 2.80 bits per heavy atom. The lowest BCUT2D eigenvalue weighted by atomic mass is 10.1. The molecule has 0 saturated carbocycles. The number of aromatic nitrogens is 2. The zero-order valence-electron chi connectivity index (χ0n) is 18.9. The van der Waals surface area contributed by atoms with Crippen molar-refractivity contribution in [3.8, 4) is 0 Å². The molecule has 4 aromatic rings. The lowest BCUT2D eigenvalue weighted by Crippen LogP contribution is -2.31. The van der Waals surface area contributed by atoms with Crippen LogP contribution in [0, 0.1) is 5.82 Å². The molecule has 1 amide bonds. The van der Waals surface area contributed by atoms with Crippen LogP contribution >= 0.6 is 11.8 Å². The number of halogens is 1. The number of benzene rings is 2. The van der Waals surface area contributed by atoms with Gasteiger partial charge in [-0.25, -0.2) is 9.37 Å². The Bertz CT molecular complexity index is 1380. The van der Waals surface area contributed by atoms with Crippen LogP contribution in [-0.2, 0) is 17.0 Å². The number of thioether (sulfide) groups is 1. The van der Waals surface area contributed by atoms with Crippen LogP contribution < -0.4 is 10.9 Å². The molecule has 2 aromatic heterocycles. The zero-order valence-corrected chi connectivity index (χ0v) is 19.7. The fourth-order valence-electron chi connectivity index (χ4n) is 3.99. The highest BCUT2D eigenvalue weighted by atomic mass is 32.2. The van der Waals surface area contributed by atoms with E-state index in [0.29, 0.717) is 39.7 Å². The summed E-state index contributed by atoms with van der Waals surface area (Å²) < 4.78 is 25.9. The van der Waals surface area contributed by atoms with Gasteiger partial charge in [0, 0.05) is 24.5 Å². The summed E-state index contributed by atoms with van der Waals surface area (Å²) in [5.74, 6) is 0.590. The van der Waals surface area contributed by atoms with Crippen molar-refractivity contribution in [1.82, 2.24) is 14.9 Å². The third-order valence-electron chi connectivity index (χ3n) is 5.87. The molecule has 0 radical (unpaired) electrons. The number of fused-ring (bicyclic) bond motifs is 1. The van der Waals surface area contributed by atoms with Gasteiger partial charge in [0.05, 0.1) is 29.8 Å². The molecule has 1 N–H and O–H groups in total. The Labute approximate surface area is 205 Å². The molecule has 0 bridgehead atoms. The topological polar surface area (TPSA) is 86.4 Å². The number of rotatable bonds is 8. The first-order valence-electron chi connectivity index (χ1n) is 11.4. The Morgan fingerprint density at radius 1 is 1.20 bits per heavy atom. The Hall–Kier alpha value is -3.43. The number of nitrogens with zero attached hydrogens (tertiary/aromatic N) is 2. The van der Waals surface area contributed by atoms with Gasteiger partial charge in [0.1, 0.15) is 11.6 Å². The zero-order chi connectivity index (χ0) is 24.2. The van der Waals surface area contributed by atoms with Gasteiger partial charge in [-0.3, -0.25) is 14.2 Å². The predicted octanol–water partition coefficient (Wildman–Crippen LogP) is 4.38. The van der Waals surface area contributed by atoms with E-state index in [4.69, 9.17) is 14.1 Å². The molecule has 1 aliphatic heterocycles. The summed E-state index contributed by atoms with van der Waals surface area (Å²) in [6, 6.07) is 14.7. The Morgan fingerprint density at radius 2 is 2.06 bits per heavy atom. The van der Waals surface area contributed by atoms with Crippen LogP contribution in [0.2, 0.25) is 0 Å². The third kappa shape index (κ3) is 5.47. The largest absolute Gasteiger partial charge is 0.467 e. The van der Waals surface area contributed by atoms with Crippen molar-refractivity contribution in [2.75, 3.05) is 13.2 Å². The molecule has 7 nitrogen and oxygen atoms in total. The molecule has 1 unspecified atom stereocenters. The summed E-state index contributed by atoms with van der Waals surface area (Å²) in [6.45, 7) is 1.40. The van der Waals surface area contributed by atoms with Crippen molar-refractivity contribution in [3.05, 3.63) is 93.9 Å². The van der Waals surface area contributed by atoms with E-state index in [9.17, 15) is 14.0 Å². The molecule has 1 saturated heterocycles.